The van der Waals surface area contributed by atoms with Crippen molar-refractivity contribution in [2.45, 2.75) is 51.1 Å². The molecule has 8 nitrogen and oxygen atoms in total. The average molecular weight is 438 g/mol. The first-order valence-electron chi connectivity index (χ1n) is 11.7. The van der Waals surface area contributed by atoms with E-state index in [2.05, 4.69) is 22.1 Å². The van der Waals surface area contributed by atoms with Crippen LogP contribution in [0.3, 0.4) is 0 Å². The van der Waals surface area contributed by atoms with E-state index in [0.717, 1.165) is 42.5 Å². The minimum absolute atomic E-state index is 0.0854. The maximum atomic E-state index is 13.4. The minimum Gasteiger partial charge on any atom is -0.351 e. The van der Waals surface area contributed by atoms with E-state index in [1.165, 1.54) is 4.90 Å². The molecule has 3 fully saturated rings. The number of rotatable bonds is 4. The molecule has 2 N–H and O–H groups in total. The number of nitrogens with zero attached hydrogens (tertiary/aromatic N) is 3. The third kappa shape index (κ3) is 3.37. The zero-order chi connectivity index (χ0) is 22.5. The number of nitrogens with one attached hydrogen (secondary N) is 2. The number of aromatic nitrogens is 1. The zero-order valence-electron chi connectivity index (χ0n) is 18.8. The van der Waals surface area contributed by atoms with Gasteiger partial charge in [-0.2, -0.15) is 0 Å². The van der Waals surface area contributed by atoms with E-state index < -0.39 is 5.54 Å². The van der Waals surface area contributed by atoms with Gasteiger partial charge in [0.25, 0.3) is 11.8 Å². The van der Waals surface area contributed by atoms with E-state index in [1.54, 1.807) is 4.90 Å². The van der Waals surface area contributed by atoms with Crippen LogP contribution in [-0.2, 0) is 4.79 Å². The van der Waals surface area contributed by atoms with Crippen molar-refractivity contribution in [1.29, 1.82) is 0 Å². The molecule has 0 saturated carbocycles. The number of H-pyrrole nitrogens is 1. The Balaban J connectivity index is 1.28. The lowest BCUT2D eigenvalue weighted by Gasteiger charge is -2.37. The highest BCUT2D eigenvalue weighted by atomic mass is 16.2. The molecule has 3 aliphatic heterocycles. The average Bonchev–Trinajstić information content (AvgIpc) is 3.48. The summed E-state index contributed by atoms with van der Waals surface area (Å²) in [6.45, 7) is 7.76. The summed E-state index contributed by atoms with van der Waals surface area (Å²) in [5.74, 6) is -0.197. The Morgan fingerprint density at radius 2 is 1.97 bits per heavy atom. The molecule has 0 radical (unpaired) electrons. The van der Waals surface area contributed by atoms with Gasteiger partial charge in [0.15, 0.2) is 0 Å². The smallest absolute Gasteiger partial charge is 0.325 e. The Bertz CT molecular complexity index is 1070. The number of imide groups is 1. The highest BCUT2D eigenvalue weighted by molar-refractivity contribution is 6.07. The first kappa shape index (κ1) is 21.0. The lowest BCUT2D eigenvalue weighted by atomic mass is 9.87. The molecule has 1 aromatic carbocycles. The van der Waals surface area contributed by atoms with Crippen molar-refractivity contribution >= 4 is 28.7 Å². The van der Waals surface area contributed by atoms with Gasteiger partial charge in [-0.1, -0.05) is 19.1 Å². The van der Waals surface area contributed by atoms with Crippen LogP contribution >= 0.6 is 0 Å². The van der Waals surface area contributed by atoms with Crippen molar-refractivity contribution in [3.8, 4) is 0 Å². The van der Waals surface area contributed by atoms with Crippen molar-refractivity contribution in [3.63, 3.8) is 0 Å². The SMILES string of the molecule is CCCN1CCC2(CC1)NC(=O)N([C@@H]1CCN(C(=O)c3cc4c(C)cccc4[nH]3)C1)C2=O. The number of aromatic amines is 1. The molecular weight excluding hydrogens is 406 g/mol. The minimum atomic E-state index is -0.770. The van der Waals surface area contributed by atoms with Gasteiger partial charge < -0.3 is 20.1 Å². The number of amides is 4. The number of aryl methyl sites for hydroxylation is 1. The van der Waals surface area contributed by atoms with Crippen LogP contribution in [-0.4, -0.2) is 81.8 Å². The zero-order valence-corrected chi connectivity index (χ0v) is 18.8. The Hall–Kier alpha value is -2.87. The summed E-state index contributed by atoms with van der Waals surface area (Å²) in [4.78, 5) is 48.0. The summed E-state index contributed by atoms with van der Waals surface area (Å²) >= 11 is 0. The van der Waals surface area contributed by atoms with Gasteiger partial charge in [0.2, 0.25) is 0 Å². The monoisotopic (exact) mass is 437 g/mol. The van der Waals surface area contributed by atoms with E-state index in [4.69, 9.17) is 0 Å². The van der Waals surface area contributed by atoms with Gasteiger partial charge in [0, 0.05) is 37.1 Å². The molecule has 0 bridgehead atoms. The summed E-state index contributed by atoms with van der Waals surface area (Å²) in [5, 5.41) is 4.05. The van der Waals surface area contributed by atoms with Crippen molar-refractivity contribution in [3.05, 3.63) is 35.5 Å². The second kappa shape index (κ2) is 7.92. The molecule has 0 unspecified atom stereocenters. The maximum Gasteiger partial charge on any atom is 0.325 e. The highest BCUT2D eigenvalue weighted by Crippen LogP contribution is 2.33. The van der Waals surface area contributed by atoms with Crippen LogP contribution in [0.4, 0.5) is 4.79 Å². The Morgan fingerprint density at radius 3 is 2.69 bits per heavy atom. The molecule has 2 aromatic rings. The molecule has 3 aliphatic rings. The number of likely N-dealkylation sites (tertiary alicyclic amines) is 2. The van der Waals surface area contributed by atoms with Gasteiger partial charge in [-0.3, -0.25) is 14.5 Å². The molecule has 4 amide bonds. The number of piperidine rings is 1. The fourth-order valence-electron chi connectivity index (χ4n) is 5.52. The third-order valence-electron chi connectivity index (χ3n) is 7.37. The number of hydrogen-bond donors (Lipinski definition) is 2. The summed E-state index contributed by atoms with van der Waals surface area (Å²) in [7, 11) is 0. The number of benzene rings is 1. The first-order chi connectivity index (χ1) is 15.4. The van der Waals surface area contributed by atoms with Crippen LogP contribution in [0, 0.1) is 6.92 Å². The van der Waals surface area contributed by atoms with E-state index in [1.807, 2.05) is 31.2 Å². The van der Waals surface area contributed by atoms with Crippen LogP contribution < -0.4 is 5.32 Å². The van der Waals surface area contributed by atoms with Crippen LogP contribution in [0.25, 0.3) is 10.9 Å². The number of carbonyl (C=O) groups is 3. The molecule has 5 rings (SSSR count). The Morgan fingerprint density at radius 1 is 1.19 bits per heavy atom. The molecule has 1 aromatic heterocycles. The van der Waals surface area contributed by atoms with Crippen molar-refractivity contribution < 1.29 is 14.4 Å². The molecular formula is C24H31N5O3. The van der Waals surface area contributed by atoms with Gasteiger partial charge in [-0.15, -0.1) is 0 Å². The van der Waals surface area contributed by atoms with Gasteiger partial charge in [0.05, 0.1) is 6.04 Å². The van der Waals surface area contributed by atoms with Gasteiger partial charge in [-0.25, -0.2) is 4.79 Å². The number of urea groups is 1. The summed E-state index contributed by atoms with van der Waals surface area (Å²) in [5.41, 5.74) is 1.83. The summed E-state index contributed by atoms with van der Waals surface area (Å²) in [6.07, 6.45) is 3.00. The Labute approximate surface area is 187 Å². The molecule has 3 saturated heterocycles. The lowest BCUT2D eigenvalue weighted by Crippen LogP contribution is -2.55. The molecule has 170 valence electrons. The number of fused-ring (bicyclic) bond motifs is 1. The third-order valence-corrected chi connectivity index (χ3v) is 7.37. The topological polar surface area (TPSA) is 88.8 Å². The number of carbonyl (C=O) groups excluding carboxylic acids is 3. The fraction of sp³-hybridized carbons (Fsp3) is 0.542. The molecule has 1 spiro atoms. The predicted octanol–water partition coefficient (Wildman–Crippen LogP) is 2.49. The highest BCUT2D eigenvalue weighted by Gasteiger charge is 2.54. The fourth-order valence-corrected chi connectivity index (χ4v) is 5.52. The van der Waals surface area contributed by atoms with Crippen molar-refractivity contribution in [2.24, 2.45) is 0 Å². The Kier molecular flexibility index (Phi) is 5.20. The van der Waals surface area contributed by atoms with Crippen molar-refractivity contribution in [1.82, 2.24) is 25.0 Å². The first-order valence-corrected chi connectivity index (χ1v) is 11.7. The van der Waals surface area contributed by atoms with Gasteiger partial charge in [0.1, 0.15) is 11.2 Å². The molecule has 8 heteroatoms. The van der Waals surface area contributed by atoms with Crippen LogP contribution in [0.5, 0.6) is 0 Å². The van der Waals surface area contributed by atoms with E-state index in [0.29, 0.717) is 38.0 Å². The van der Waals surface area contributed by atoms with Crippen LogP contribution in [0.2, 0.25) is 0 Å². The normalized spacial score (nSPS) is 23.5. The quantitative estimate of drug-likeness (QED) is 0.720. The lowest BCUT2D eigenvalue weighted by molar-refractivity contribution is -0.134. The van der Waals surface area contributed by atoms with E-state index in [9.17, 15) is 14.4 Å². The molecule has 4 heterocycles. The van der Waals surface area contributed by atoms with Crippen molar-refractivity contribution in [2.75, 3.05) is 32.7 Å². The van der Waals surface area contributed by atoms with E-state index in [-0.39, 0.29) is 23.9 Å². The second-order valence-corrected chi connectivity index (χ2v) is 9.44. The van der Waals surface area contributed by atoms with E-state index >= 15 is 0 Å². The van der Waals surface area contributed by atoms with Crippen LogP contribution in [0.15, 0.2) is 24.3 Å². The molecule has 32 heavy (non-hydrogen) atoms. The summed E-state index contributed by atoms with van der Waals surface area (Å²) < 4.78 is 0. The molecule has 1 atom stereocenters. The largest absolute Gasteiger partial charge is 0.351 e. The van der Waals surface area contributed by atoms with Gasteiger partial charge in [-0.05, 0) is 56.8 Å². The van der Waals surface area contributed by atoms with Gasteiger partial charge >= 0.3 is 6.03 Å². The number of hydrogen-bond acceptors (Lipinski definition) is 4. The molecule has 0 aliphatic carbocycles. The standard InChI is InChI=1S/C24H31N5O3/c1-3-10-27-12-8-24(9-13-27)22(31)29(23(32)26-24)17-7-11-28(15-17)21(30)20-14-18-16(2)5-4-6-19(18)25-20/h4-6,14,17,25H,3,7-13,15H2,1-2H3,(H,26,32)/t17-/m1/s1. The summed E-state index contributed by atoms with van der Waals surface area (Å²) in [6, 6.07) is 7.27. The van der Waals surface area contributed by atoms with Crippen LogP contribution in [0.1, 0.15) is 48.7 Å². The second-order valence-electron chi connectivity index (χ2n) is 9.44. The predicted molar refractivity (Wildman–Crippen MR) is 121 cm³/mol. The maximum absolute atomic E-state index is 13.4.